The van der Waals surface area contributed by atoms with Crippen LogP contribution in [-0.2, 0) is 7.05 Å². The van der Waals surface area contributed by atoms with Gasteiger partial charge in [-0.1, -0.05) is 12.8 Å². The average Bonchev–Trinajstić information content (AvgIpc) is 2.56. The molecule has 0 saturated carbocycles. The summed E-state index contributed by atoms with van der Waals surface area (Å²) in [5, 5.41) is 7.39. The van der Waals surface area contributed by atoms with E-state index in [2.05, 4.69) is 10.4 Å². The van der Waals surface area contributed by atoms with Crippen molar-refractivity contribution in [3.05, 3.63) is 11.8 Å². The molecule has 1 rings (SSSR count). The van der Waals surface area contributed by atoms with Crippen LogP contribution in [0.15, 0.2) is 6.07 Å². The van der Waals surface area contributed by atoms with Crippen molar-refractivity contribution < 1.29 is 4.74 Å². The van der Waals surface area contributed by atoms with Crippen LogP contribution < -0.4 is 10.1 Å². The van der Waals surface area contributed by atoms with Crippen molar-refractivity contribution in [2.45, 2.75) is 32.6 Å². The summed E-state index contributed by atoms with van der Waals surface area (Å²) in [6, 6.07) is 1.97. The zero-order valence-electron chi connectivity index (χ0n) is 10.6. The van der Waals surface area contributed by atoms with E-state index < -0.39 is 0 Å². The molecule has 16 heavy (non-hydrogen) atoms. The number of hydrogen-bond acceptors (Lipinski definition) is 3. The summed E-state index contributed by atoms with van der Waals surface area (Å²) in [6.45, 7) is 3.88. The van der Waals surface area contributed by atoms with Crippen molar-refractivity contribution in [1.29, 1.82) is 0 Å². The highest BCUT2D eigenvalue weighted by atomic mass is 16.5. The Balaban J connectivity index is 2.05. The lowest BCUT2D eigenvalue weighted by Gasteiger charge is -2.05. The summed E-state index contributed by atoms with van der Waals surface area (Å²) >= 11 is 0. The molecule has 0 aliphatic heterocycles. The number of rotatable bonds is 8. The summed E-state index contributed by atoms with van der Waals surface area (Å²) in [5.41, 5.74) is 1.01. The van der Waals surface area contributed by atoms with Crippen molar-refractivity contribution in [2.75, 3.05) is 20.2 Å². The van der Waals surface area contributed by atoms with Crippen LogP contribution in [-0.4, -0.2) is 30.0 Å². The Kier molecular flexibility index (Phi) is 5.93. The van der Waals surface area contributed by atoms with Gasteiger partial charge in [-0.3, -0.25) is 0 Å². The lowest BCUT2D eigenvalue weighted by atomic mass is 10.2. The number of unbranched alkanes of at least 4 members (excludes halogenated alkanes) is 3. The van der Waals surface area contributed by atoms with Gasteiger partial charge in [0.25, 0.3) is 0 Å². The molecule has 0 unspecified atom stereocenters. The van der Waals surface area contributed by atoms with Gasteiger partial charge in [0.2, 0.25) is 5.88 Å². The van der Waals surface area contributed by atoms with Gasteiger partial charge >= 0.3 is 0 Å². The lowest BCUT2D eigenvalue weighted by Crippen LogP contribution is -2.07. The molecule has 0 bridgehead atoms. The first-order valence-corrected chi connectivity index (χ1v) is 6.02. The van der Waals surface area contributed by atoms with Crippen molar-refractivity contribution in [2.24, 2.45) is 7.05 Å². The fraction of sp³-hybridized carbons (Fsp3) is 0.750. The van der Waals surface area contributed by atoms with E-state index in [1.165, 1.54) is 19.3 Å². The van der Waals surface area contributed by atoms with E-state index >= 15 is 0 Å². The Morgan fingerprint density at radius 2 is 2.06 bits per heavy atom. The smallest absolute Gasteiger partial charge is 0.211 e. The largest absolute Gasteiger partial charge is 0.478 e. The van der Waals surface area contributed by atoms with Gasteiger partial charge in [-0.15, -0.1) is 0 Å². The van der Waals surface area contributed by atoms with E-state index in [-0.39, 0.29) is 0 Å². The number of aryl methyl sites for hydroxylation is 2. The monoisotopic (exact) mass is 225 g/mol. The molecule has 4 heteroatoms. The Morgan fingerprint density at radius 3 is 2.69 bits per heavy atom. The summed E-state index contributed by atoms with van der Waals surface area (Å²) in [4.78, 5) is 0. The normalized spacial score (nSPS) is 10.7. The van der Waals surface area contributed by atoms with Crippen LogP contribution in [0.5, 0.6) is 5.88 Å². The van der Waals surface area contributed by atoms with Gasteiger partial charge in [-0.05, 0) is 33.4 Å². The molecular formula is C12H23N3O. The molecule has 0 fully saturated rings. The Hall–Kier alpha value is -1.03. The highest BCUT2D eigenvalue weighted by Crippen LogP contribution is 2.11. The van der Waals surface area contributed by atoms with E-state index in [1.54, 1.807) is 4.68 Å². The van der Waals surface area contributed by atoms with E-state index in [9.17, 15) is 0 Å². The maximum Gasteiger partial charge on any atom is 0.211 e. The van der Waals surface area contributed by atoms with Gasteiger partial charge < -0.3 is 10.1 Å². The van der Waals surface area contributed by atoms with Crippen molar-refractivity contribution in [3.63, 3.8) is 0 Å². The molecule has 0 radical (unpaired) electrons. The number of ether oxygens (including phenoxy) is 1. The minimum Gasteiger partial charge on any atom is -0.478 e. The quantitative estimate of drug-likeness (QED) is 0.687. The fourth-order valence-corrected chi connectivity index (χ4v) is 1.66. The molecule has 1 N–H and O–H groups in total. The summed E-state index contributed by atoms with van der Waals surface area (Å²) in [6.07, 6.45) is 4.88. The summed E-state index contributed by atoms with van der Waals surface area (Å²) in [5.74, 6) is 0.868. The highest BCUT2D eigenvalue weighted by molar-refractivity contribution is 5.14. The predicted octanol–water partition coefficient (Wildman–Crippen LogP) is 1.89. The molecule has 0 saturated heterocycles. The van der Waals surface area contributed by atoms with Gasteiger partial charge in [-0.2, -0.15) is 5.10 Å². The molecule has 0 amide bonds. The second-order valence-corrected chi connectivity index (χ2v) is 4.11. The first-order valence-electron chi connectivity index (χ1n) is 6.02. The Labute approximate surface area is 98.0 Å². The third kappa shape index (κ3) is 4.66. The van der Waals surface area contributed by atoms with Crippen LogP contribution >= 0.6 is 0 Å². The van der Waals surface area contributed by atoms with Gasteiger partial charge in [0.05, 0.1) is 12.3 Å². The van der Waals surface area contributed by atoms with Gasteiger partial charge in [0.15, 0.2) is 0 Å². The standard InChI is InChI=1S/C12H23N3O/c1-11-10-12(15(3)14-11)16-9-7-5-4-6-8-13-2/h10,13H,4-9H2,1-3H3. The van der Waals surface area contributed by atoms with Crippen LogP contribution in [0, 0.1) is 6.92 Å². The summed E-state index contributed by atoms with van der Waals surface area (Å²) in [7, 11) is 3.91. The number of hydrogen-bond donors (Lipinski definition) is 1. The van der Waals surface area contributed by atoms with Crippen molar-refractivity contribution in [3.8, 4) is 5.88 Å². The average molecular weight is 225 g/mol. The number of aromatic nitrogens is 2. The van der Waals surface area contributed by atoms with Gasteiger partial charge in [0, 0.05) is 13.1 Å². The third-order valence-electron chi connectivity index (χ3n) is 2.53. The Morgan fingerprint density at radius 1 is 1.31 bits per heavy atom. The number of nitrogens with zero attached hydrogens (tertiary/aromatic N) is 2. The molecule has 0 aliphatic carbocycles. The van der Waals surface area contributed by atoms with Crippen LogP contribution in [0.4, 0.5) is 0 Å². The van der Waals surface area contributed by atoms with Crippen molar-refractivity contribution in [1.82, 2.24) is 15.1 Å². The molecule has 0 spiro atoms. The van der Waals surface area contributed by atoms with Crippen LogP contribution in [0.2, 0.25) is 0 Å². The second-order valence-electron chi connectivity index (χ2n) is 4.11. The molecular weight excluding hydrogens is 202 g/mol. The second kappa shape index (κ2) is 7.28. The van der Waals surface area contributed by atoms with Gasteiger partial charge in [0.1, 0.15) is 0 Å². The lowest BCUT2D eigenvalue weighted by molar-refractivity contribution is 0.279. The summed E-state index contributed by atoms with van der Waals surface area (Å²) < 4.78 is 7.44. The molecule has 0 aromatic carbocycles. The Bertz CT molecular complexity index is 296. The SMILES string of the molecule is CNCCCCCCOc1cc(C)nn1C. The zero-order valence-corrected chi connectivity index (χ0v) is 10.6. The van der Waals surface area contributed by atoms with Crippen molar-refractivity contribution >= 4 is 0 Å². The minimum atomic E-state index is 0.790. The van der Waals surface area contributed by atoms with E-state index in [4.69, 9.17) is 4.74 Å². The maximum atomic E-state index is 5.65. The molecule has 92 valence electrons. The van der Waals surface area contributed by atoms with E-state index in [0.717, 1.165) is 31.1 Å². The van der Waals surface area contributed by atoms with Gasteiger partial charge in [-0.25, -0.2) is 4.68 Å². The highest BCUT2D eigenvalue weighted by Gasteiger charge is 2.01. The third-order valence-corrected chi connectivity index (χ3v) is 2.53. The minimum absolute atomic E-state index is 0.790. The molecule has 0 aliphatic rings. The topological polar surface area (TPSA) is 39.1 Å². The molecule has 4 nitrogen and oxygen atoms in total. The van der Waals surface area contributed by atoms with E-state index in [0.29, 0.717) is 0 Å². The molecule has 1 aromatic heterocycles. The molecule has 1 aromatic rings. The zero-order chi connectivity index (χ0) is 11.8. The predicted molar refractivity (Wildman–Crippen MR) is 65.8 cm³/mol. The van der Waals surface area contributed by atoms with Crippen LogP contribution in [0.3, 0.4) is 0 Å². The van der Waals surface area contributed by atoms with Crippen LogP contribution in [0.25, 0.3) is 0 Å². The molecule has 0 atom stereocenters. The van der Waals surface area contributed by atoms with E-state index in [1.807, 2.05) is 27.1 Å². The molecule has 1 heterocycles. The fourth-order valence-electron chi connectivity index (χ4n) is 1.66. The first-order chi connectivity index (χ1) is 7.74. The number of nitrogens with one attached hydrogen (secondary N) is 1. The maximum absolute atomic E-state index is 5.65. The van der Waals surface area contributed by atoms with Crippen LogP contribution in [0.1, 0.15) is 31.4 Å². The first kappa shape index (κ1) is 13.0.